The van der Waals surface area contributed by atoms with Gasteiger partial charge in [0.2, 0.25) is 5.44 Å². The lowest BCUT2D eigenvalue weighted by Crippen LogP contribution is -2.29. The summed E-state index contributed by atoms with van der Waals surface area (Å²) in [5.41, 5.74) is -1.37. The summed E-state index contributed by atoms with van der Waals surface area (Å²) in [5.74, 6) is 0. The smallest absolute Gasteiger partial charge is 0.294 e. The summed E-state index contributed by atoms with van der Waals surface area (Å²) in [6, 6.07) is 0. The van der Waals surface area contributed by atoms with E-state index in [0.717, 1.165) is 0 Å². The number of rotatable bonds is 8. The first-order chi connectivity index (χ1) is 6.52. The lowest BCUT2D eigenvalue weighted by Gasteiger charge is -2.13. The van der Waals surface area contributed by atoms with Crippen LogP contribution in [0.1, 0.15) is 0 Å². The van der Waals surface area contributed by atoms with Gasteiger partial charge in [-0.25, -0.2) is 0 Å². The molecule has 0 aliphatic heterocycles. The van der Waals surface area contributed by atoms with Crippen LogP contribution < -0.4 is 0 Å². The predicted octanol–water partition coefficient (Wildman–Crippen LogP) is 0.606. The summed E-state index contributed by atoms with van der Waals surface area (Å²) in [5, 5.41) is 0. The van der Waals surface area contributed by atoms with Crippen molar-refractivity contribution in [2.45, 2.75) is 5.44 Å². The first kappa shape index (κ1) is 13.3. The van der Waals surface area contributed by atoms with Gasteiger partial charge in [-0.15, -0.1) is 13.2 Å². The fraction of sp³-hybridized carbons (Fsp3) is 0.500. The maximum Gasteiger partial charge on any atom is 0.294 e. The van der Waals surface area contributed by atoms with Crippen LogP contribution in [0, 0.1) is 0 Å². The van der Waals surface area contributed by atoms with Crippen LogP contribution in [-0.4, -0.2) is 38.2 Å². The van der Waals surface area contributed by atoms with Crippen molar-refractivity contribution in [1.82, 2.24) is 0 Å². The number of ether oxygens (including phenoxy) is 2. The second kappa shape index (κ2) is 6.72. The molecule has 0 radical (unpaired) electrons. The molecule has 0 aromatic heterocycles. The SMILES string of the molecule is C=CCOCC(OCC=C)S(=O)(=O)O. The van der Waals surface area contributed by atoms with Gasteiger partial charge in [0, 0.05) is 0 Å². The van der Waals surface area contributed by atoms with Crippen molar-refractivity contribution in [3.05, 3.63) is 25.3 Å². The van der Waals surface area contributed by atoms with Crippen LogP contribution in [0.2, 0.25) is 0 Å². The highest BCUT2D eigenvalue weighted by molar-refractivity contribution is 7.86. The molecule has 0 heterocycles. The van der Waals surface area contributed by atoms with Crippen LogP contribution in [-0.2, 0) is 19.6 Å². The summed E-state index contributed by atoms with van der Waals surface area (Å²) in [6.07, 6.45) is 2.85. The Kier molecular flexibility index (Phi) is 6.39. The van der Waals surface area contributed by atoms with Gasteiger partial charge in [-0.05, 0) is 0 Å². The van der Waals surface area contributed by atoms with Gasteiger partial charge >= 0.3 is 0 Å². The molecule has 0 aliphatic carbocycles. The van der Waals surface area contributed by atoms with Crippen molar-refractivity contribution in [2.75, 3.05) is 19.8 Å². The van der Waals surface area contributed by atoms with Crippen molar-refractivity contribution in [3.63, 3.8) is 0 Å². The molecule has 0 saturated heterocycles. The minimum Gasteiger partial charge on any atom is -0.373 e. The standard InChI is InChI=1S/C8H14O5S/c1-3-5-12-7-8(13-6-4-2)14(9,10)11/h3-4,8H,1-2,5-7H2,(H,9,10,11). The fourth-order valence-corrected chi connectivity index (χ4v) is 1.16. The summed E-state index contributed by atoms with van der Waals surface area (Å²) in [7, 11) is -4.25. The Labute approximate surface area is 83.8 Å². The van der Waals surface area contributed by atoms with Crippen LogP contribution in [0.5, 0.6) is 0 Å². The Morgan fingerprint density at radius 3 is 2.29 bits per heavy atom. The quantitative estimate of drug-likeness (QED) is 0.370. The third-order valence-electron chi connectivity index (χ3n) is 1.22. The van der Waals surface area contributed by atoms with Crippen molar-refractivity contribution < 1.29 is 22.4 Å². The maximum atomic E-state index is 10.7. The predicted molar refractivity (Wildman–Crippen MR) is 52.5 cm³/mol. The first-order valence-electron chi connectivity index (χ1n) is 3.89. The zero-order valence-electron chi connectivity index (χ0n) is 7.76. The van der Waals surface area contributed by atoms with E-state index in [0.29, 0.717) is 0 Å². The molecule has 1 atom stereocenters. The minimum absolute atomic E-state index is 0.0297. The third kappa shape index (κ3) is 5.87. The zero-order valence-corrected chi connectivity index (χ0v) is 8.57. The topological polar surface area (TPSA) is 72.8 Å². The van der Waals surface area contributed by atoms with Crippen LogP contribution in [0.15, 0.2) is 25.3 Å². The van der Waals surface area contributed by atoms with Gasteiger partial charge in [-0.2, -0.15) is 8.42 Å². The van der Waals surface area contributed by atoms with Gasteiger partial charge in [0.25, 0.3) is 10.1 Å². The Bertz CT molecular complexity index is 269. The molecule has 1 N–H and O–H groups in total. The molecule has 0 rings (SSSR count). The summed E-state index contributed by atoms with van der Waals surface area (Å²) in [6.45, 7) is 6.73. The van der Waals surface area contributed by atoms with Crippen molar-refractivity contribution in [3.8, 4) is 0 Å². The normalized spacial score (nSPS) is 13.5. The first-order valence-corrected chi connectivity index (χ1v) is 5.40. The largest absolute Gasteiger partial charge is 0.373 e. The highest BCUT2D eigenvalue weighted by atomic mass is 32.2. The van der Waals surface area contributed by atoms with Gasteiger partial charge in [0.05, 0.1) is 19.8 Å². The van der Waals surface area contributed by atoms with E-state index in [1.165, 1.54) is 12.2 Å². The lowest BCUT2D eigenvalue weighted by atomic mass is 10.6. The summed E-state index contributed by atoms with van der Waals surface area (Å²) >= 11 is 0. The number of hydrogen-bond acceptors (Lipinski definition) is 4. The van der Waals surface area contributed by atoms with Crippen molar-refractivity contribution in [1.29, 1.82) is 0 Å². The van der Waals surface area contributed by atoms with E-state index in [2.05, 4.69) is 13.2 Å². The van der Waals surface area contributed by atoms with Gasteiger partial charge in [-0.3, -0.25) is 4.55 Å². The molecule has 0 bridgehead atoms. The lowest BCUT2D eigenvalue weighted by molar-refractivity contribution is 0.0413. The Morgan fingerprint density at radius 2 is 1.86 bits per heavy atom. The molecule has 14 heavy (non-hydrogen) atoms. The highest BCUT2D eigenvalue weighted by Gasteiger charge is 2.23. The van der Waals surface area contributed by atoms with Gasteiger partial charge in [-0.1, -0.05) is 12.2 Å². The summed E-state index contributed by atoms with van der Waals surface area (Å²) < 4.78 is 39.8. The van der Waals surface area contributed by atoms with Crippen LogP contribution >= 0.6 is 0 Å². The van der Waals surface area contributed by atoms with Gasteiger partial charge in [0.15, 0.2) is 0 Å². The molecule has 0 aromatic carbocycles. The molecular weight excluding hydrogens is 208 g/mol. The molecule has 0 fully saturated rings. The van der Waals surface area contributed by atoms with Crippen molar-refractivity contribution >= 4 is 10.1 Å². The van der Waals surface area contributed by atoms with E-state index in [9.17, 15) is 8.42 Å². The second-order valence-corrected chi connectivity index (χ2v) is 3.95. The molecule has 1 unspecified atom stereocenters. The molecule has 0 aliphatic rings. The van der Waals surface area contributed by atoms with E-state index >= 15 is 0 Å². The van der Waals surface area contributed by atoms with E-state index in [4.69, 9.17) is 14.0 Å². The molecule has 0 saturated carbocycles. The van der Waals surface area contributed by atoms with Gasteiger partial charge in [0.1, 0.15) is 0 Å². The fourth-order valence-electron chi connectivity index (χ4n) is 0.643. The molecular formula is C8H14O5S. The second-order valence-electron chi connectivity index (χ2n) is 2.39. The van der Waals surface area contributed by atoms with Gasteiger partial charge < -0.3 is 9.47 Å². The van der Waals surface area contributed by atoms with E-state index in [1.54, 1.807) is 0 Å². The molecule has 6 heteroatoms. The van der Waals surface area contributed by atoms with Crippen LogP contribution in [0.3, 0.4) is 0 Å². The molecule has 82 valence electrons. The van der Waals surface area contributed by atoms with E-state index < -0.39 is 15.6 Å². The number of hydrogen-bond donors (Lipinski definition) is 1. The Hall–Kier alpha value is -0.690. The Morgan fingerprint density at radius 1 is 1.29 bits per heavy atom. The molecule has 5 nitrogen and oxygen atoms in total. The zero-order chi connectivity index (χ0) is 11.0. The molecule has 0 aromatic rings. The Balaban J connectivity index is 4.11. The van der Waals surface area contributed by atoms with Crippen molar-refractivity contribution in [2.24, 2.45) is 0 Å². The monoisotopic (exact) mass is 222 g/mol. The van der Waals surface area contributed by atoms with Crippen LogP contribution in [0.25, 0.3) is 0 Å². The summed E-state index contributed by atoms with van der Waals surface area (Å²) in [4.78, 5) is 0. The van der Waals surface area contributed by atoms with E-state index in [1.807, 2.05) is 0 Å². The molecule has 0 amide bonds. The highest BCUT2D eigenvalue weighted by Crippen LogP contribution is 2.02. The molecule has 0 spiro atoms. The average Bonchev–Trinajstić information content (AvgIpc) is 2.09. The third-order valence-corrected chi connectivity index (χ3v) is 2.16. The minimum atomic E-state index is -4.25. The maximum absolute atomic E-state index is 10.7. The average molecular weight is 222 g/mol. The van der Waals surface area contributed by atoms with Crippen LogP contribution in [0.4, 0.5) is 0 Å². The van der Waals surface area contributed by atoms with E-state index in [-0.39, 0.29) is 19.8 Å².